The fraction of sp³-hybridized carbons (Fsp3) is 1.00. The second kappa shape index (κ2) is 8.13. The number of hydrogen-bond donors (Lipinski definition) is 1. The largest absolute Gasteiger partial charge is 0.377 e. The first kappa shape index (κ1) is 14.3. The molecule has 2 fully saturated rings. The summed E-state index contributed by atoms with van der Waals surface area (Å²) < 4.78 is 5.68. The smallest absolute Gasteiger partial charge is 0.0673 e. The molecule has 106 valence electrons. The first-order valence-corrected chi connectivity index (χ1v) is 7.92. The molecular weight excluding hydrogens is 224 g/mol. The van der Waals surface area contributed by atoms with Gasteiger partial charge in [-0.3, -0.25) is 0 Å². The van der Waals surface area contributed by atoms with Gasteiger partial charge in [-0.05, 0) is 45.7 Å². The topological polar surface area (TPSA) is 24.5 Å². The third-order valence-electron chi connectivity index (χ3n) is 4.23. The van der Waals surface area contributed by atoms with E-state index in [0.717, 1.165) is 19.2 Å². The van der Waals surface area contributed by atoms with Crippen molar-refractivity contribution in [2.45, 2.75) is 64.0 Å². The summed E-state index contributed by atoms with van der Waals surface area (Å²) in [4.78, 5) is 2.57. The van der Waals surface area contributed by atoms with E-state index in [9.17, 15) is 0 Å². The maximum absolute atomic E-state index is 5.68. The maximum atomic E-state index is 5.68. The highest BCUT2D eigenvalue weighted by atomic mass is 16.5. The van der Waals surface area contributed by atoms with E-state index in [1.165, 1.54) is 64.6 Å². The van der Waals surface area contributed by atoms with Gasteiger partial charge in [0, 0.05) is 25.7 Å². The maximum Gasteiger partial charge on any atom is 0.0673 e. The minimum Gasteiger partial charge on any atom is -0.377 e. The minimum absolute atomic E-state index is 0.416. The minimum atomic E-state index is 0.416. The molecule has 1 heterocycles. The van der Waals surface area contributed by atoms with Crippen molar-refractivity contribution in [3.05, 3.63) is 0 Å². The number of hydrogen-bond acceptors (Lipinski definition) is 3. The molecule has 2 aliphatic rings. The Morgan fingerprint density at radius 3 is 2.83 bits per heavy atom. The first-order valence-electron chi connectivity index (χ1n) is 7.92. The summed E-state index contributed by atoms with van der Waals surface area (Å²) in [6.45, 7) is 7.89. The van der Waals surface area contributed by atoms with Gasteiger partial charge in [0.2, 0.25) is 0 Å². The van der Waals surface area contributed by atoms with Crippen molar-refractivity contribution in [3.8, 4) is 0 Å². The van der Waals surface area contributed by atoms with E-state index in [2.05, 4.69) is 17.1 Å². The van der Waals surface area contributed by atoms with Gasteiger partial charge in [0.1, 0.15) is 0 Å². The lowest BCUT2D eigenvalue weighted by Crippen LogP contribution is -2.35. The van der Waals surface area contributed by atoms with E-state index in [1.807, 2.05) is 0 Å². The van der Waals surface area contributed by atoms with Crippen molar-refractivity contribution in [1.29, 1.82) is 0 Å². The molecular formula is C15H30N2O. The van der Waals surface area contributed by atoms with Crippen molar-refractivity contribution in [2.24, 2.45) is 0 Å². The summed E-state index contributed by atoms with van der Waals surface area (Å²) in [6.07, 6.45) is 9.99. The van der Waals surface area contributed by atoms with Gasteiger partial charge in [0.05, 0.1) is 6.10 Å². The molecule has 0 aromatic heterocycles. The average Bonchev–Trinajstić information content (AvgIpc) is 2.60. The van der Waals surface area contributed by atoms with Crippen LogP contribution in [0.3, 0.4) is 0 Å². The summed E-state index contributed by atoms with van der Waals surface area (Å²) in [5.41, 5.74) is 0. The summed E-state index contributed by atoms with van der Waals surface area (Å²) in [5.74, 6) is 0. The second-order valence-electron chi connectivity index (χ2n) is 5.98. The molecule has 0 amide bonds. The van der Waals surface area contributed by atoms with E-state index in [-0.39, 0.29) is 0 Å². The van der Waals surface area contributed by atoms with E-state index < -0.39 is 0 Å². The molecule has 2 rings (SSSR count). The molecule has 0 radical (unpaired) electrons. The second-order valence-corrected chi connectivity index (χ2v) is 5.98. The number of rotatable bonds is 5. The van der Waals surface area contributed by atoms with Crippen LogP contribution in [0.5, 0.6) is 0 Å². The Morgan fingerprint density at radius 2 is 2.00 bits per heavy atom. The van der Waals surface area contributed by atoms with Gasteiger partial charge in [-0.25, -0.2) is 0 Å². The highest BCUT2D eigenvalue weighted by Gasteiger charge is 2.15. The zero-order valence-electron chi connectivity index (χ0n) is 12.0. The van der Waals surface area contributed by atoms with Gasteiger partial charge < -0.3 is 15.0 Å². The van der Waals surface area contributed by atoms with E-state index in [4.69, 9.17) is 4.74 Å². The van der Waals surface area contributed by atoms with Crippen molar-refractivity contribution >= 4 is 0 Å². The number of nitrogens with one attached hydrogen (secondary N) is 1. The molecule has 0 spiro atoms. The summed E-state index contributed by atoms with van der Waals surface area (Å²) in [5, 5.41) is 3.73. The molecule has 3 heteroatoms. The lowest BCUT2D eigenvalue weighted by Gasteiger charge is -2.25. The van der Waals surface area contributed by atoms with Crippen LogP contribution < -0.4 is 5.32 Å². The fourth-order valence-corrected chi connectivity index (χ4v) is 3.20. The van der Waals surface area contributed by atoms with Crippen molar-refractivity contribution < 1.29 is 4.74 Å². The van der Waals surface area contributed by atoms with Gasteiger partial charge in [0.25, 0.3) is 0 Å². The molecule has 1 saturated carbocycles. The quantitative estimate of drug-likeness (QED) is 0.763. The van der Waals surface area contributed by atoms with Crippen LogP contribution in [-0.4, -0.2) is 49.8 Å². The van der Waals surface area contributed by atoms with Gasteiger partial charge in [0.15, 0.2) is 0 Å². The summed E-state index contributed by atoms with van der Waals surface area (Å²) in [6, 6.07) is 0.810. The van der Waals surface area contributed by atoms with E-state index in [0.29, 0.717) is 6.10 Å². The van der Waals surface area contributed by atoms with Gasteiger partial charge >= 0.3 is 0 Å². The Morgan fingerprint density at radius 1 is 1.17 bits per heavy atom. The highest BCUT2D eigenvalue weighted by molar-refractivity contribution is 4.72. The Bertz CT molecular complexity index is 217. The van der Waals surface area contributed by atoms with Crippen LogP contribution in [0.4, 0.5) is 0 Å². The van der Waals surface area contributed by atoms with Crippen LogP contribution in [-0.2, 0) is 4.74 Å². The molecule has 1 unspecified atom stereocenters. The lowest BCUT2D eigenvalue weighted by molar-refractivity contribution is 0.0676. The van der Waals surface area contributed by atoms with Crippen LogP contribution in [0.1, 0.15) is 51.9 Å². The van der Waals surface area contributed by atoms with Gasteiger partial charge in [-0.2, -0.15) is 0 Å². The summed E-state index contributed by atoms with van der Waals surface area (Å²) >= 11 is 0. The molecule has 18 heavy (non-hydrogen) atoms. The summed E-state index contributed by atoms with van der Waals surface area (Å²) in [7, 11) is 0. The molecule has 1 aliphatic heterocycles. The lowest BCUT2D eigenvalue weighted by atomic mass is 9.95. The molecule has 1 saturated heterocycles. The van der Waals surface area contributed by atoms with Crippen molar-refractivity contribution in [2.75, 3.05) is 32.8 Å². The van der Waals surface area contributed by atoms with E-state index >= 15 is 0 Å². The third-order valence-corrected chi connectivity index (χ3v) is 4.23. The number of nitrogens with zero attached hydrogens (tertiary/aromatic N) is 1. The highest BCUT2D eigenvalue weighted by Crippen LogP contribution is 2.17. The molecule has 1 N–H and O–H groups in total. The normalized spacial score (nSPS) is 28.2. The fourth-order valence-electron chi connectivity index (χ4n) is 3.20. The molecule has 1 aliphatic carbocycles. The molecule has 3 nitrogen and oxygen atoms in total. The molecule has 0 aromatic rings. The zero-order valence-corrected chi connectivity index (χ0v) is 12.0. The van der Waals surface area contributed by atoms with Crippen molar-refractivity contribution in [3.63, 3.8) is 0 Å². The van der Waals surface area contributed by atoms with Crippen LogP contribution in [0, 0.1) is 0 Å². The monoisotopic (exact) mass is 254 g/mol. The predicted molar refractivity (Wildman–Crippen MR) is 76.0 cm³/mol. The molecule has 1 atom stereocenters. The average molecular weight is 254 g/mol. The SMILES string of the molecule is CC1CN(CCCNC2CCCCC2)CCCO1. The van der Waals surface area contributed by atoms with Crippen LogP contribution in [0.15, 0.2) is 0 Å². The van der Waals surface area contributed by atoms with Crippen molar-refractivity contribution in [1.82, 2.24) is 10.2 Å². The Balaban J connectivity index is 1.53. The Hall–Kier alpha value is -0.120. The van der Waals surface area contributed by atoms with Crippen LogP contribution >= 0.6 is 0 Å². The third kappa shape index (κ3) is 5.25. The standard InChI is InChI=1S/C15H30N2O/c1-14-13-17(11-6-12-18-14)10-5-9-16-15-7-3-2-4-8-15/h14-16H,2-13H2,1H3. The van der Waals surface area contributed by atoms with Crippen LogP contribution in [0.25, 0.3) is 0 Å². The zero-order chi connectivity index (χ0) is 12.6. The van der Waals surface area contributed by atoms with Gasteiger partial charge in [-0.15, -0.1) is 0 Å². The Labute approximate surface area is 112 Å². The molecule has 0 bridgehead atoms. The van der Waals surface area contributed by atoms with Crippen LogP contribution in [0.2, 0.25) is 0 Å². The van der Waals surface area contributed by atoms with Gasteiger partial charge in [-0.1, -0.05) is 19.3 Å². The number of ether oxygens (including phenoxy) is 1. The predicted octanol–water partition coefficient (Wildman–Crippen LogP) is 2.41. The first-order chi connectivity index (χ1) is 8.84. The van der Waals surface area contributed by atoms with E-state index in [1.54, 1.807) is 0 Å². The molecule has 0 aromatic carbocycles. The Kier molecular flexibility index (Phi) is 6.46.